The molecule has 0 amide bonds. The number of piperidine rings is 1. The van der Waals surface area contributed by atoms with Crippen molar-refractivity contribution >= 4 is 0 Å². The molecule has 4 nitrogen and oxygen atoms in total. The van der Waals surface area contributed by atoms with Crippen LogP contribution >= 0.6 is 0 Å². The number of oxazole rings is 1. The van der Waals surface area contributed by atoms with E-state index in [0.717, 1.165) is 31.8 Å². The van der Waals surface area contributed by atoms with E-state index < -0.39 is 0 Å². The van der Waals surface area contributed by atoms with Gasteiger partial charge in [-0.25, -0.2) is 9.99 Å². The molecule has 2 N–H and O–H groups in total. The molecule has 0 aliphatic carbocycles. The molecule has 1 fully saturated rings. The van der Waals surface area contributed by atoms with Gasteiger partial charge in [0.15, 0.2) is 5.89 Å². The molecule has 0 unspecified atom stereocenters. The Bertz CT molecular complexity index is 226. The molecular formula is C8H13N3O. The van der Waals surface area contributed by atoms with Crippen molar-refractivity contribution in [2.75, 3.05) is 13.1 Å². The quantitative estimate of drug-likeness (QED) is 0.626. The number of aromatic nitrogens is 1. The van der Waals surface area contributed by atoms with E-state index in [2.05, 4.69) is 4.98 Å². The van der Waals surface area contributed by atoms with Crippen LogP contribution in [0.2, 0.25) is 0 Å². The van der Waals surface area contributed by atoms with E-state index >= 15 is 0 Å². The second-order valence-electron chi connectivity index (χ2n) is 3.18. The van der Waals surface area contributed by atoms with E-state index in [1.807, 2.05) is 5.01 Å². The highest BCUT2D eigenvalue weighted by Crippen LogP contribution is 2.25. The van der Waals surface area contributed by atoms with Crippen LogP contribution in [0.25, 0.3) is 0 Å². The van der Waals surface area contributed by atoms with Crippen LogP contribution in [0.3, 0.4) is 0 Å². The number of rotatable bonds is 1. The molecule has 1 saturated heterocycles. The van der Waals surface area contributed by atoms with Crippen molar-refractivity contribution in [2.45, 2.75) is 18.8 Å². The summed E-state index contributed by atoms with van der Waals surface area (Å²) in [7, 11) is 0. The number of hydrogen-bond acceptors (Lipinski definition) is 4. The number of nitrogens with two attached hydrogens (primary N) is 1. The summed E-state index contributed by atoms with van der Waals surface area (Å²) in [4.78, 5) is 4.14. The molecule has 1 aromatic rings. The SMILES string of the molecule is NN1CCC(c2ncco2)CC1. The third-order valence-electron chi connectivity index (χ3n) is 2.33. The molecule has 0 bridgehead atoms. The number of nitrogens with zero attached hydrogens (tertiary/aromatic N) is 2. The maximum absolute atomic E-state index is 5.63. The Labute approximate surface area is 71.3 Å². The van der Waals surface area contributed by atoms with Gasteiger partial charge in [0.1, 0.15) is 6.26 Å². The Hall–Kier alpha value is -0.870. The Kier molecular flexibility index (Phi) is 2.10. The fourth-order valence-electron chi connectivity index (χ4n) is 1.58. The van der Waals surface area contributed by atoms with Gasteiger partial charge in [0.2, 0.25) is 0 Å². The molecule has 0 spiro atoms. The standard InChI is InChI=1S/C8H13N3O/c9-11-4-1-7(2-5-11)8-10-3-6-12-8/h3,6-7H,1-2,4-5,9H2. The van der Waals surface area contributed by atoms with Crippen molar-refractivity contribution in [2.24, 2.45) is 5.84 Å². The average Bonchev–Trinajstić information content (AvgIpc) is 2.58. The summed E-state index contributed by atoms with van der Waals surface area (Å²) in [6.45, 7) is 1.88. The van der Waals surface area contributed by atoms with Gasteiger partial charge in [0, 0.05) is 19.0 Å². The average molecular weight is 167 g/mol. The van der Waals surface area contributed by atoms with E-state index in [1.54, 1.807) is 12.5 Å². The van der Waals surface area contributed by atoms with Crippen molar-refractivity contribution in [1.82, 2.24) is 9.99 Å². The minimum absolute atomic E-state index is 0.472. The van der Waals surface area contributed by atoms with Crippen LogP contribution in [0.15, 0.2) is 16.9 Å². The maximum Gasteiger partial charge on any atom is 0.197 e. The highest BCUT2D eigenvalue weighted by Gasteiger charge is 2.21. The Morgan fingerprint density at radius 1 is 1.50 bits per heavy atom. The molecule has 4 heteroatoms. The second kappa shape index (κ2) is 3.25. The summed E-state index contributed by atoms with van der Waals surface area (Å²) >= 11 is 0. The summed E-state index contributed by atoms with van der Waals surface area (Å²) < 4.78 is 5.24. The molecule has 1 aromatic heterocycles. The van der Waals surface area contributed by atoms with Gasteiger partial charge in [-0.05, 0) is 12.8 Å². The van der Waals surface area contributed by atoms with Gasteiger partial charge in [-0.2, -0.15) is 0 Å². The van der Waals surface area contributed by atoms with Crippen molar-refractivity contribution in [3.05, 3.63) is 18.4 Å². The molecular weight excluding hydrogens is 154 g/mol. The lowest BCUT2D eigenvalue weighted by molar-refractivity contribution is 0.204. The molecule has 2 rings (SSSR count). The number of hydrazine groups is 1. The second-order valence-corrected chi connectivity index (χ2v) is 3.18. The highest BCUT2D eigenvalue weighted by atomic mass is 16.3. The molecule has 66 valence electrons. The lowest BCUT2D eigenvalue weighted by Gasteiger charge is -2.26. The van der Waals surface area contributed by atoms with Crippen molar-refractivity contribution in [3.8, 4) is 0 Å². The smallest absolute Gasteiger partial charge is 0.197 e. The van der Waals surface area contributed by atoms with Gasteiger partial charge >= 0.3 is 0 Å². The molecule has 2 heterocycles. The molecule has 12 heavy (non-hydrogen) atoms. The first kappa shape index (κ1) is 7.76. The third-order valence-corrected chi connectivity index (χ3v) is 2.33. The summed E-state index contributed by atoms with van der Waals surface area (Å²) in [5.41, 5.74) is 0. The minimum Gasteiger partial charge on any atom is -0.449 e. The van der Waals surface area contributed by atoms with E-state index in [1.165, 1.54) is 0 Å². The summed E-state index contributed by atoms with van der Waals surface area (Å²) in [6.07, 6.45) is 5.43. The first-order chi connectivity index (χ1) is 5.86. The molecule has 1 aliphatic rings. The Balaban J connectivity index is 1.99. The van der Waals surface area contributed by atoms with Crippen LogP contribution in [0.4, 0.5) is 0 Å². The van der Waals surface area contributed by atoms with Gasteiger partial charge in [-0.1, -0.05) is 0 Å². The van der Waals surface area contributed by atoms with E-state index in [-0.39, 0.29) is 0 Å². The number of hydrogen-bond donors (Lipinski definition) is 1. The van der Waals surface area contributed by atoms with Crippen molar-refractivity contribution < 1.29 is 4.42 Å². The van der Waals surface area contributed by atoms with E-state index in [4.69, 9.17) is 10.3 Å². The normalized spacial score (nSPS) is 21.4. The van der Waals surface area contributed by atoms with Gasteiger partial charge < -0.3 is 4.42 Å². The minimum atomic E-state index is 0.472. The third kappa shape index (κ3) is 1.49. The molecule has 1 aliphatic heterocycles. The largest absolute Gasteiger partial charge is 0.449 e. The molecule has 0 atom stereocenters. The summed E-state index contributed by atoms with van der Waals surface area (Å²) in [6, 6.07) is 0. The Morgan fingerprint density at radius 2 is 2.25 bits per heavy atom. The molecule has 0 saturated carbocycles. The Morgan fingerprint density at radius 3 is 2.83 bits per heavy atom. The predicted octanol–water partition coefficient (Wildman–Crippen LogP) is 0.728. The van der Waals surface area contributed by atoms with Crippen LogP contribution in [0.5, 0.6) is 0 Å². The summed E-state index contributed by atoms with van der Waals surface area (Å²) in [5, 5.41) is 1.85. The lowest BCUT2D eigenvalue weighted by Crippen LogP contribution is -2.38. The first-order valence-electron chi connectivity index (χ1n) is 4.25. The molecule has 0 radical (unpaired) electrons. The van der Waals surface area contributed by atoms with Crippen LogP contribution in [-0.2, 0) is 0 Å². The van der Waals surface area contributed by atoms with Crippen LogP contribution in [0.1, 0.15) is 24.7 Å². The van der Waals surface area contributed by atoms with Crippen molar-refractivity contribution in [1.29, 1.82) is 0 Å². The summed E-state index contributed by atoms with van der Waals surface area (Å²) in [5.74, 6) is 6.97. The zero-order valence-corrected chi connectivity index (χ0v) is 6.94. The first-order valence-corrected chi connectivity index (χ1v) is 4.25. The molecule has 0 aromatic carbocycles. The highest BCUT2D eigenvalue weighted by molar-refractivity contribution is 4.93. The monoisotopic (exact) mass is 167 g/mol. The van der Waals surface area contributed by atoms with Gasteiger partial charge in [-0.3, -0.25) is 5.84 Å². The predicted molar refractivity (Wildman–Crippen MR) is 44.2 cm³/mol. The fourth-order valence-corrected chi connectivity index (χ4v) is 1.58. The maximum atomic E-state index is 5.63. The van der Waals surface area contributed by atoms with E-state index in [0.29, 0.717) is 5.92 Å². The zero-order chi connectivity index (χ0) is 8.39. The zero-order valence-electron chi connectivity index (χ0n) is 6.94. The van der Waals surface area contributed by atoms with Crippen LogP contribution in [0, 0.1) is 0 Å². The van der Waals surface area contributed by atoms with E-state index in [9.17, 15) is 0 Å². The van der Waals surface area contributed by atoms with Crippen LogP contribution < -0.4 is 5.84 Å². The van der Waals surface area contributed by atoms with Gasteiger partial charge in [-0.15, -0.1) is 0 Å². The van der Waals surface area contributed by atoms with Crippen LogP contribution in [-0.4, -0.2) is 23.1 Å². The van der Waals surface area contributed by atoms with Crippen molar-refractivity contribution in [3.63, 3.8) is 0 Å². The fraction of sp³-hybridized carbons (Fsp3) is 0.625. The topological polar surface area (TPSA) is 55.3 Å². The van der Waals surface area contributed by atoms with Gasteiger partial charge in [0.25, 0.3) is 0 Å². The van der Waals surface area contributed by atoms with Gasteiger partial charge in [0.05, 0.1) is 6.20 Å². The lowest BCUT2D eigenvalue weighted by atomic mass is 9.98.